The Balaban J connectivity index is 1.35. The summed E-state index contributed by atoms with van der Waals surface area (Å²) in [5.74, 6) is 0.993. The van der Waals surface area contributed by atoms with Gasteiger partial charge in [0.25, 0.3) is 0 Å². The fourth-order valence-electron chi connectivity index (χ4n) is 4.38. The number of nitrogens with one attached hydrogen (secondary N) is 1. The van der Waals surface area contributed by atoms with Crippen LogP contribution in [0.25, 0.3) is 10.9 Å². The number of nitrogens with two attached hydrogens (primary N) is 1. The van der Waals surface area contributed by atoms with E-state index in [0.717, 1.165) is 67.7 Å². The first kappa shape index (κ1) is 19.9. The van der Waals surface area contributed by atoms with Gasteiger partial charge in [-0.05, 0) is 56.9 Å². The molecule has 4 rings (SSSR count). The number of ether oxygens (including phenoxy) is 1. The molecule has 7 heteroatoms. The minimum Gasteiger partial charge on any atom is -0.492 e. The number of hydrogen-bond acceptors (Lipinski definition) is 6. The van der Waals surface area contributed by atoms with Crippen molar-refractivity contribution in [3.8, 4) is 5.75 Å². The molecular formula is C22H31N5O2. The predicted molar refractivity (Wildman–Crippen MR) is 115 cm³/mol. The van der Waals surface area contributed by atoms with E-state index in [-0.39, 0.29) is 12.1 Å². The van der Waals surface area contributed by atoms with E-state index < -0.39 is 0 Å². The van der Waals surface area contributed by atoms with Gasteiger partial charge in [-0.3, -0.25) is 14.7 Å². The van der Waals surface area contributed by atoms with Gasteiger partial charge in [0, 0.05) is 42.9 Å². The Morgan fingerprint density at radius 3 is 2.79 bits per heavy atom. The second-order valence-corrected chi connectivity index (χ2v) is 7.94. The molecule has 2 aromatic rings. The summed E-state index contributed by atoms with van der Waals surface area (Å²) in [7, 11) is 0. The molecule has 2 saturated heterocycles. The molecule has 2 fully saturated rings. The molecule has 29 heavy (non-hydrogen) atoms. The Morgan fingerprint density at radius 2 is 2.07 bits per heavy atom. The number of fused-ring (bicyclic) bond motifs is 1. The second kappa shape index (κ2) is 8.97. The summed E-state index contributed by atoms with van der Waals surface area (Å²) in [5.41, 5.74) is 8.02. The van der Waals surface area contributed by atoms with Crippen molar-refractivity contribution in [3.05, 3.63) is 30.5 Å². The molecule has 0 bridgehead atoms. The molecule has 1 amide bonds. The number of benzene rings is 1. The molecular weight excluding hydrogens is 366 g/mol. The third kappa shape index (κ3) is 4.46. The number of piperidine rings is 1. The maximum Gasteiger partial charge on any atom is 0.237 e. The van der Waals surface area contributed by atoms with Gasteiger partial charge in [-0.25, -0.2) is 0 Å². The van der Waals surface area contributed by atoms with Gasteiger partial charge in [-0.1, -0.05) is 0 Å². The molecule has 0 spiro atoms. The van der Waals surface area contributed by atoms with Crippen molar-refractivity contribution >= 4 is 22.5 Å². The van der Waals surface area contributed by atoms with Crippen LogP contribution in [-0.4, -0.2) is 65.7 Å². The molecule has 3 heterocycles. The highest BCUT2D eigenvalue weighted by Crippen LogP contribution is 2.31. The number of amides is 1. The first-order valence-corrected chi connectivity index (χ1v) is 10.7. The van der Waals surface area contributed by atoms with Gasteiger partial charge in [0.15, 0.2) is 0 Å². The lowest BCUT2D eigenvalue weighted by molar-refractivity contribution is -0.133. The molecule has 1 aromatic carbocycles. The predicted octanol–water partition coefficient (Wildman–Crippen LogP) is 2.42. The highest BCUT2D eigenvalue weighted by molar-refractivity contribution is 5.95. The van der Waals surface area contributed by atoms with Gasteiger partial charge in [0.2, 0.25) is 5.91 Å². The Kier molecular flexibility index (Phi) is 6.16. The largest absolute Gasteiger partial charge is 0.492 e. The average molecular weight is 398 g/mol. The number of likely N-dealkylation sites (tertiary alicyclic amines) is 2. The Bertz CT molecular complexity index is 850. The SMILES string of the molecule is CCOc1ccc(NC2CCN(CC(=O)N3CCC[C@H]3N)CC2)c2cccnc12. The van der Waals surface area contributed by atoms with Crippen molar-refractivity contribution < 1.29 is 9.53 Å². The van der Waals surface area contributed by atoms with Gasteiger partial charge in [0.1, 0.15) is 11.3 Å². The second-order valence-electron chi connectivity index (χ2n) is 7.94. The van der Waals surface area contributed by atoms with E-state index in [1.807, 2.05) is 24.0 Å². The van der Waals surface area contributed by atoms with Crippen LogP contribution >= 0.6 is 0 Å². The van der Waals surface area contributed by atoms with Crippen LogP contribution in [0.3, 0.4) is 0 Å². The van der Waals surface area contributed by atoms with Crippen LogP contribution in [0.15, 0.2) is 30.5 Å². The number of carbonyl (C=O) groups is 1. The fraction of sp³-hybridized carbons (Fsp3) is 0.545. The minimum atomic E-state index is -0.0942. The van der Waals surface area contributed by atoms with Gasteiger partial charge >= 0.3 is 0 Å². The molecule has 156 valence electrons. The number of carbonyl (C=O) groups excluding carboxylic acids is 1. The molecule has 0 saturated carbocycles. The zero-order valence-electron chi connectivity index (χ0n) is 17.1. The topological polar surface area (TPSA) is 83.7 Å². The van der Waals surface area contributed by atoms with Crippen LogP contribution in [0.2, 0.25) is 0 Å². The van der Waals surface area contributed by atoms with E-state index in [1.54, 1.807) is 6.20 Å². The summed E-state index contributed by atoms with van der Waals surface area (Å²) >= 11 is 0. The van der Waals surface area contributed by atoms with Crippen LogP contribution in [0, 0.1) is 0 Å². The maximum atomic E-state index is 12.5. The molecule has 0 unspecified atom stereocenters. The zero-order valence-corrected chi connectivity index (χ0v) is 17.1. The first-order chi connectivity index (χ1) is 14.2. The third-order valence-electron chi connectivity index (χ3n) is 5.96. The Hall–Kier alpha value is -2.38. The number of nitrogens with zero attached hydrogens (tertiary/aromatic N) is 3. The monoisotopic (exact) mass is 397 g/mol. The molecule has 3 N–H and O–H groups in total. The minimum absolute atomic E-state index is 0.0942. The number of rotatable bonds is 6. The summed E-state index contributed by atoms with van der Waals surface area (Å²) in [6.07, 6.45) is 5.66. The van der Waals surface area contributed by atoms with Crippen LogP contribution < -0.4 is 15.8 Å². The van der Waals surface area contributed by atoms with Crippen molar-refractivity contribution in [1.29, 1.82) is 0 Å². The lowest BCUT2D eigenvalue weighted by Crippen LogP contribution is -2.48. The molecule has 1 atom stereocenters. The zero-order chi connectivity index (χ0) is 20.2. The van der Waals surface area contributed by atoms with E-state index in [9.17, 15) is 4.79 Å². The van der Waals surface area contributed by atoms with Crippen molar-refractivity contribution in [2.75, 3.05) is 38.1 Å². The van der Waals surface area contributed by atoms with E-state index >= 15 is 0 Å². The van der Waals surface area contributed by atoms with Crippen LogP contribution in [0.1, 0.15) is 32.6 Å². The van der Waals surface area contributed by atoms with Gasteiger partial charge < -0.3 is 20.7 Å². The average Bonchev–Trinajstić information content (AvgIpc) is 3.17. The van der Waals surface area contributed by atoms with Crippen LogP contribution in [-0.2, 0) is 4.79 Å². The number of hydrogen-bond donors (Lipinski definition) is 2. The number of anilines is 1. The Morgan fingerprint density at radius 1 is 1.24 bits per heavy atom. The summed E-state index contributed by atoms with van der Waals surface area (Å²) in [4.78, 5) is 21.1. The van der Waals surface area contributed by atoms with Gasteiger partial charge in [-0.2, -0.15) is 0 Å². The normalized spacial score (nSPS) is 20.9. The summed E-state index contributed by atoms with van der Waals surface area (Å²) < 4.78 is 5.72. The lowest BCUT2D eigenvalue weighted by atomic mass is 10.0. The quantitative estimate of drug-likeness (QED) is 0.779. The summed E-state index contributed by atoms with van der Waals surface area (Å²) in [6, 6.07) is 8.51. The van der Waals surface area contributed by atoms with E-state index in [1.165, 1.54) is 0 Å². The standard InChI is InChI=1S/C22H31N5O2/c1-2-29-19-8-7-18(17-5-3-11-24-22(17)19)25-16-9-13-26(14-10-16)15-21(28)27-12-4-6-20(27)23/h3,5,7-8,11,16,20,25H,2,4,6,9-10,12-15,23H2,1H3/t20-/m0/s1. The molecule has 0 aliphatic carbocycles. The highest BCUT2D eigenvalue weighted by Gasteiger charge is 2.28. The smallest absolute Gasteiger partial charge is 0.237 e. The summed E-state index contributed by atoms with van der Waals surface area (Å²) in [5, 5.41) is 4.77. The Labute approximate surface area is 172 Å². The molecule has 0 radical (unpaired) electrons. The number of pyridine rings is 1. The van der Waals surface area contributed by atoms with Crippen LogP contribution in [0.4, 0.5) is 5.69 Å². The van der Waals surface area contributed by atoms with Crippen molar-refractivity contribution in [2.24, 2.45) is 5.73 Å². The van der Waals surface area contributed by atoms with Crippen molar-refractivity contribution in [2.45, 2.75) is 44.8 Å². The van der Waals surface area contributed by atoms with Crippen molar-refractivity contribution in [3.63, 3.8) is 0 Å². The molecule has 7 nitrogen and oxygen atoms in total. The highest BCUT2D eigenvalue weighted by atomic mass is 16.5. The fourth-order valence-corrected chi connectivity index (χ4v) is 4.38. The molecule has 2 aliphatic rings. The maximum absolute atomic E-state index is 12.5. The summed E-state index contributed by atoms with van der Waals surface area (Å²) in [6.45, 7) is 5.72. The van der Waals surface area contributed by atoms with Gasteiger partial charge in [-0.15, -0.1) is 0 Å². The van der Waals surface area contributed by atoms with E-state index in [0.29, 0.717) is 19.2 Å². The molecule has 2 aliphatic heterocycles. The van der Waals surface area contributed by atoms with E-state index in [2.05, 4.69) is 27.3 Å². The van der Waals surface area contributed by atoms with Crippen molar-refractivity contribution in [1.82, 2.24) is 14.8 Å². The first-order valence-electron chi connectivity index (χ1n) is 10.7. The lowest BCUT2D eigenvalue weighted by Gasteiger charge is -2.34. The number of aromatic nitrogens is 1. The van der Waals surface area contributed by atoms with Gasteiger partial charge in [0.05, 0.1) is 19.3 Å². The third-order valence-corrected chi connectivity index (χ3v) is 5.96. The molecule has 1 aromatic heterocycles. The van der Waals surface area contributed by atoms with E-state index in [4.69, 9.17) is 10.5 Å². The van der Waals surface area contributed by atoms with Crippen LogP contribution in [0.5, 0.6) is 5.75 Å².